The van der Waals surface area contributed by atoms with E-state index in [0.29, 0.717) is 35.5 Å². The van der Waals surface area contributed by atoms with Crippen LogP contribution < -0.4 is 18.9 Å². The van der Waals surface area contributed by atoms with E-state index in [1.54, 1.807) is 50.3 Å². The predicted molar refractivity (Wildman–Crippen MR) is 152 cm³/mol. The lowest BCUT2D eigenvalue weighted by Crippen LogP contribution is -2.15. The molecule has 0 amide bonds. The summed E-state index contributed by atoms with van der Waals surface area (Å²) in [6.07, 6.45) is 7.97. The average Bonchev–Trinajstić information content (AvgIpc) is 2.93. The molecule has 0 aliphatic heterocycles. The molecular formula is C31H38O9. The van der Waals surface area contributed by atoms with Crippen LogP contribution >= 0.6 is 0 Å². The first kappa shape index (κ1) is 31.9. The summed E-state index contributed by atoms with van der Waals surface area (Å²) in [5, 5.41) is 0. The quantitative estimate of drug-likeness (QED) is 0.150. The van der Waals surface area contributed by atoms with E-state index in [0.717, 1.165) is 24.0 Å². The van der Waals surface area contributed by atoms with Gasteiger partial charge in [0.1, 0.15) is 0 Å². The highest BCUT2D eigenvalue weighted by atomic mass is 16.7. The third-order valence-corrected chi connectivity index (χ3v) is 5.65. The standard InChI is InChI=1S/C31H38O9/c1-7-11-21-17-25(35-5)27(19-23(21)13-15-29(32)37-9-3)39-31(34)40-28-20-24(14-16-30(33)38-10-4)22(12-8-2)18-26(28)36-6/h13-20H,7-12H2,1-6H3/b15-13+,16-14+. The molecule has 0 atom stereocenters. The van der Waals surface area contributed by atoms with Gasteiger partial charge < -0.3 is 28.4 Å². The van der Waals surface area contributed by atoms with Gasteiger partial charge in [0.05, 0.1) is 27.4 Å². The Bertz CT molecular complexity index is 1130. The zero-order chi connectivity index (χ0) is 29.5. The molecule has 0 heterocycles. The summed E-state index contributed by atoms with van der Waals surface area (Å²) in [5.41, 5.74) is 3.16. The molecule has 9 heteroatoms. The number of aryl methyl sites for hydroxylation is 2. The lowest BCUT2D eigenvalue weighted by molar-refractivity contribution is -0.138. The van der Waals surface area contributed by atoms with E-state index in [2.05, 4.69) is 0 Å². The first-order chi connectivity index (χ1) is 19.3. The SMILES string of the molecule is CCCc1cc(OC)c(OC(=O)Oc2cc(/C=C/C(=O)OCC)c(CCC)cc2OC)cc1/C=C/C(=O)OCC. The van der Waals surface area contributed by atoms with Gasteiger partial charge in [0.25, 0.3) is 0 Å². The van der Waals surface area contributed by atoms with Crippen LogP contribution in [-0.2, 0) is 31.9 Å². The van der Waals surface area contributed by atoms with Crippen molar-refractivity contribution in [2.45, 2.75) is 53.4 Å². The number of benzene rings is 2. The molecule has 0 N–H and O–H groups in total. The van der Waals surface area contributed by atoms with Gasteiger partial charge in [0.15, 0.2) is 23.0 Å². The minimum Gasteiger partial charge on any atom is -0.493 e. The van der Waals surface area contributed by atoms with E-state index in [1.807, 2.05) is 13.8 Å². The molecule has 0 spiro atoms. The number of ether oxygens (including phenoxy) is 6. The fourth-order valence-corrected chi connectivity index (χ4v) is 3.89. The van der Waals surface area contributed by atoms with Gasteiger partial charge >= 0.3 is 18.1 Å². The molecule has 0 aromatic heterocycles. The molecule has 0 unspecified atom stereocenters. The van der Waals surface area contributed by atoms with Crippen molar-refractivity contribution < 1.29 is 42.8 Å². The molecule has 0 aliphatic rings. The lowest BCUT2D eigenvalue weighted by Gasteiger charge is -2.16. The van der Waals surface area contributed by atoms with Crippen molar-refractivity contribution in [3.63, 3.8) is 0 Å². The predicted octanol–water partition coefficient (Wildman–Crippen LogP) is 6.34. The number of hydrogen-bond donors (Lipinski definition) is 0. The maximum Gasteiger partial charge on any atom is 0.519 e. The van der Waals surface area contributed by atoms with Gasteiger partial charge in [-0.25, -0.2) is 14.4 Å². The van der Waals surface area contributed by atoms with E-state index in [-0.39, 0.29) is 24.7 Å². The van der Waals surface area contributed by atoms with Crippen LogP contribution in [-0.4, -0.2) is 45.5 Å². The Balaban J connectivity index is 2.40. The minimum atomic E-state index is -1.02. The molecule has 0 saturated carbocycles. The van der Waals surface area contributed by atoms with Crippen LogP contribution in [0.15, 0.2) is 36.4 Å². The average molecular weight is 555 g/mol. The molecule has 2 rings (SSSR count). The Hall–Kier alpha value is -4.27. The van der Waals surface area contributed by atoms with Crippen molar-refractivity contribution >= 4 is 30.2 Å². The minimum absolute atomic E-state index is 0.111. The van der Waals surface area contributed by atoms with Crippen molar-refractivity contribution in [3.05, 3.63) is 58.7 Å². The molecule has 0 bridgehead atoms. The van der Waals surface area contributed by atoms with E-state index >= 15 is 0 Å². The first-order valence-corrected chi connectivity index (χ1v) is 13.3. The summed E-state index contributed by atoms with van der Waals surface area (Å²) >= 11 is 0. The summed E-state index contributed by atoms with van der Waals surface area (Å²) in [5.74, 6) is -0.0723. The fraction of sp³-hybridized carbons (Fsp3) is 0.387. The number of esters is 2. The van der Waals surface area contributed by atoms with E-state index in [1.165, 1.54) is 26.4 Å². The molecule has 40 heavy (non-hydrogen) atoms. The Morgan fingerprint density at radius 2 is 1.02 bits per heavy atom. The van der Waals surface area contributed by atoms with Gasteiger partial charge in [0, 0.05) is 12.2 Å². The van der Waals surface area contributed by atoms with Gasteiger partial charge in [-0.05, 0) is 85.4 Å². The van der Waals surface area contributed by atoms with Crippen LogP contribution in [0.3, 0.4) is 0 Å². The second-order valence-electron chi connectivity index (χ2n) is 8.53. The lowest BCUT2D eigenvalue weighted by atomic mass is 10.0. The summed E-state index contributed by atoms with van der Waals surface area (Å²) in [4.78, 5) is 36.6. The monoisotopic (exact) mass is 554 g/mol. The molecule has 0 radical (unpaired) electrons. The molecule has 2 aromatic carbocycles. The highest BCUT2D eigenvalue weighted by molar-refractivity contribution is 5.88. The largest absolute Gasteiger partial charge is 0.519 e. The van der Waals surface area contributed by atoms with Crippen molar-refractivity contribution in [2.24, 2.45) is 0 Å². The summed E-state index contributed by atoms with van der Waals surface area (Å²) < 4.78 is 31.9. The van der Waals surface area contributed by atoms with Gasteiger partial charge in [-0.2, -0.15) is 0 Å². The molecular weight excluding hydrogens is 516 g/mol. The molecule has 216 valence electrons. The number of carbonyl (C=O) groups excluding carboxylic acids is 3. The van der Waals surface area contributed by atoms with Crippen LogP contribution in [0.1, 0.15) is 62.8 Å². The number of hydrogen-bond acceptors (Lipinski definition) is 9. The molecule has 0 saturated heterocycles. The van der Waals surface area contributed by atoms with Crippen LogP contribution in [0.4, 0.5) is 4.79 Å². The molecule has 0 aliphatic carbocycles. The number of methoxy groups -OCH3 is 2. The Kier molecular flexibility index (Phi) is 13.3. The topological polar surface area (TPSA) is 107 Å². The summed E-state index contributed by atoms with van der Waals surface area (Å²) in [6.45, 7) is 8.04. The maximum atomic E-state index is 12.9. The normalized spacial score (nSPS) is 10.9. The summed E-state index contributed by atoms with van der Waals surface area (Å²) in [6, 6.07) is 6.73. The number of rotatable bonds is 14. The van der Waals surface area contributed by atoms with Gasteiger partial charge in [0.2, 0.25) is 0 Å². The molecule has 0 fully saturated rings. The highest BCUT2D eigenvalue weighted by Gasteiger charge is 2.19. The van der Waals surface area contributed by atoms with Gasteiger partial charge in [-0.1, -0.05) is 26.7 Å². The van der Waals surface area contributed by atoms with Crippen molar-refractivity contribution in [3.8, 4) is 23.0 Å². The van der Waals surface area contributed by atoms with E-state index in [9.17, 15) is 14.4 Å². The zero-order valence-corrected chi connectivity index (χ0v) is 24.0. The summed E-state index contributed by atoms with van der Waals surface area (Å²) in [7, 11) is 2.93. The van der Waals surface area contributed by atoms with E-state index in [4.69, 9.17) is 28.4 Å². The third kappa shape index (κ3) is 9.48. The van der Waals surface area contributed by atoms with E-state index < -0.39 is 18.1 Å². The van der Waals surface area contributed by atoms with Crippen LogP contribution in [0, 0.1) is 0 Å². The molecule has 2 aromatic rings. The van der Waals surface area contributed by atoms with Crippen molar-refractivity contribution in [1.82, 2.24) is 0 Å². The van der Waals surface area contributed by atoms with Gasteiger partial charge in [-0.15, -0.1) is 0 Å². The van der Waals surface area contributed by atoms with Gasteiger partial charge in [-0.3, -0.25) is 0 Å². The third-order valence-electron chi connectivity index (χ3n) is 5.65. The van der Waals surface area contributed by atoms with Crippen molar-refractivity contribution in [1.29, 1.82) is 0 Å². The highest BCUT2D eigenvalue weighted by Crippen LogP contribution is 2.35. The maximum absolute atomic E-state index is 12.9. The van der Waals surface area contributed by atoms with Crippen molar-refractivity contribution in [2.75, 3.05) is 27.4 Å². The Labute approximate surface area is 235 Å². The van der Waals surface area contributed by atoms with Crippen LogP contribution in [0.5, 0.6) is 23.0 Å². The number of carbonyl (C=O) groups is 3. The zero-order valence-electron chi connectivity index (χ0n) is 24.0. The Morgan fingerprint density at radius 1 is 0.625 bits per heavy atom. The van der Waals surface area contributed by atoms with Crippen LogP contribution in [0.25, 0.3) is 12.2 Å². The first-order valence-electron chi connectivity index (χ1n) is 13.3. The second kappa shape index (κ2) is 16.6. The van der Waals surface area contributed by atoms with Crippen LogP contribution in [0.2, 0.25) is 0 Å². The fourth-order valence-electron chi connectivity index (χ4n) is 3.89. The second-order valence-corrected chi connectivity index (χ2v) is 8.53. The molecule has 9 nitrogen and oxygen atoms in total. The Morgan fingerprint density at radius 3 is 1.35 bits per heavy atom. The smallest absolute Gasteiger partial charge is 0.493 e.